The Bertz CT molecular complexity index is 507. The van der Waals surface area contributed by atoms with Crippen molar-refractivity contribution in [3.05, 3.63) is 0 Å². The van der Waals surface area contributed by atoms with Crippen LogP contribution in [-0.4, -0.2) is 62.8 Å². The first-order valence-corrected chi connectivity index (χ1v) is 13.3. The van der Waals surface area contributed by atoms with E-state index in [1.165, 1.54) is 57.8 Å². The van der Waals surface area contributed by atoms with Gasteiger partial charge in [0.05, 0.1) is 32.9 Å². The average molecular weight is 436 g/mol. The van der Waals surface area contributed by atoms with E-state index >= 15 is 0 Å². The van der Waals surface area contributed by atoms with E-state index in [0.717, 1.165) is 25.8 Å². The molecule has 0 aliphatic heterocycles. The van der Waals surface area contributed by atoms with Gasteiger partial charge in [0.2, 0.25) is 5.91 Å². The Kier molecular flexibility index (Phi) is 16.7. The SMILES string of the molecule is CCCCCCCCCCCCCC(=O)NCCC[N+](C)(C)CCCS(=O)(=O)O. The second-order valence-corrected chi connectivity index (χ2v) is 10.6. The fraction of sp³-hybridized carbons (Fsp3) is 0.955. The number of amides is 1. The minimum absolute atomic E-state index is 0.137. The van der Waals surface area contributed by atoms with E-state index in [0.29, 0.717) is 30.4 Å². The fourth-order valence-electron chi connectivity index (χ4n) is 3.56. The number of carbonyl (C=O) groups excluding carboxylic acids is 1. The summed E-state index contributed by atoms with van der Waals surface area (Å²) in [6.45, 7) is 4.47. The molecule has 29 heavy (non-hydrogen) atoms. The Labute approximate surface area is 180 Å². The number of hydrogen-bond donors (Lipinski definition) is 2. The van der Waals surface area contributed by atoms with Crippen molar-refractivity contribution in [3.63, 3.8) is 0 Å². The first-order valence-electron chi connectivity index (χ1n) is 11.7. The lowest BCUT2D eigenvalue weighted by atomic mass is 10.1. The molecule has 6 nitrogen and oxygen atoms in total. The minimum atomic E-state index is -3.87. The lowest BCUT2D eigenvalue weighted by Gasteiger charge is -2.29. The molecule has 0 heterocycles. The van der Waals surface area contributed by atoms with Gasteiger partial charge in [-0.15, -0.1) is 0 Å². The van der Waals surface area contributed by atoms with Gasteiger partial charge in [-0.1, -0.05) is 71.1 Å². The highest BCUT2D eigenvalue weighted by molar-refractivity contribution is 7.85. The maximum absolute atomic E-state index is 11.9. The number of nitrogens with one attached hydrogen (secondary N) is 1. The molecular formula is C22H47N2O4S+. The lowest BCUT2D eigenvalue weighted by Crippen LogP contribution is -2.43. The maximum atomic E-state index is 11.9. The minimum Gasteiger partial charge on any atom is -0.356 e. The third-order valence-corrected chi connectivity index (χ3v) is 6.24. The molecule has 0 bridgehead atoms. The highest BCUT2D eigenvalue weighted by Gasteiger charge is 2.16. The number of quaternary nitrogens is 1. The van der Waals surface area contributed by atoms with Gasteiger partial charge < -0.3 is 9.80 Å². The third kappa shape index (κ3) is 21.9. The van der Waals surface area contributed by atoms with Crippen LogP contribution >= 0.6 is 0 Å². The Morgan fingerprint density at radius 1 is 0.793 bits per heavy atom. The van der Waals surface area contributed by atoms with Crippen LogP contribution < -0.4 is 5.32 Å². The van der Waals surface area contributed by atoms with Crippen LogP contribution in [0, 0.1) is 0 Å². The summed E-state index contributed by atoms with van der Waals surface area (Å²) in [5.74, 6) is -0.0534. The number of carbonyl (C=O) groups is 1. The number of rotatable bonds is 20. The van der Waals surface area contributed by atoms with Crippen molar-refractivity contribution in [1.82, 2.24) is 5.32 Å². The van der Waals surface area contributed by atoms with Gasteiger partial charge >= 0.3 is 0 Å². The fourth-order valence-corrected chi connectivity index (χ4v) is 4.05. The molecule has 0 saturated heterocycles. The van der Waals surface area contributed by atoms with Gasteiger partial charge in [0.15, 0.2) is 0 Å². The molecule has 0 aromatic heterocycles. The zero-order valence-electron chi connectivity index (χ0n) is 19.3. The van der Waals surface area contributed by atoms with Crippen LogP contribution in [0.5, 0.6) is 0 Å². The highest BCUT2D eigenvalue weighted by atomic mass is 32.2. The van der Waals surface area contributed by atoms with Gasteiger partial charge in [0.1, 0.15) is 0 Å². The maximum Gasteiger partial charge on any atom is 0.265 e. The summed E-state index contributed by atoms with van der Waals surface area (Å²) < 4.78 is 31.0. The summed E-state index contributed by atoms with van der Waals surface area (Å²) in [7, 11) is 0.205. The number of unbranched alkanes of at least 4 members (excludes halogenated alkanes) is 10. The summed E-state index contributed by atoms with van der Waals surface area (Å²) in [6.07, 6.45) is 16.1. The van der Waals surface area contributed by atoms with Gasteiger partial charge in [-0.05, 0) is 6.42 Å². The zero-order valence-corrected chi connectivity index (χ0v) is 20.1. The Hall–Kier alpha value is -0.660. The molecule has 0 atom stereocenters. The number of hydrogen-bond acceptors (Lipinski definition) is 3. The summed E-state index contributed by atoms with van der Waals surface area (Å²) in [5.41, 5.74) is 0. The van der Waals surface area contributed by atoms with Crippen molar-refractivity contribution in [3.8, 4) is 0 Å². The van der Waals surface area contributed by atoms with Gasteiger partial charge in [-0.2, -0.15) is 8.42 Å². The molecule has 0 spiro atoms. The molecule has 0 fully saturated rings. The summed E-state index contributed by atoms with van der Waals surface area (Å²) in [5, 5.41) is 2.99. The summed E-state index contributed by atoms with van der Waals surface area (Å²) >= 11 is 0. The quantitative estimate of drug-likeness (QED) is 0.167. The lowest BCUT2D eigenvalue weighted by molar-refractivity contribution is -0.890. The van der Waals surface area contributed by atoms with Crippen LogP contribution in [0.3, 0.4) is 0 Å². The van der Waals surface area contributed by atoms with Gasteiger partial charge in [-0.25, -0.2) is 0 Å². The van der Waals surface area contributed by atoms with E-state index in [9.17, 15) is 13.2 Å². The average Bonchev–Trinajstić information content (AvgIpc) is 2.62. The predicted octanol–water partition coefficient (Wildman–Crippen LogP) is 4.55. The molecule has 0 aliphatic rings. The monoisotopic (exact) mass is 435 g/mol. The van der Waals surface area contributed by atoms with E-state index < -0.39 is 10.1 Å². The van der Waals surface area contributed by atoms with Crippen molar-refractivity contribution in [2.24, 2.45) is 0 Å². The smallest absolute Gasteiger partial charge is 0.265 e. The largest absolute Gasteiger partial charge is 0.356 e. The molecule has 1 amide bonds. The van der Waals surface area contributed by atoms with Crippen molar-refractivity contribution >= 4 is 16.0 Å². The van der Waals surface area contributed by atoms with Crippen LogP contribution in [0.15, 0.2) is 0 Å². The first kappa shape index (κ1) is 28.3. The van der Waals surface area contributed by atoms with Gasteiger partial charge in [0.25, 0.3) is 10.1 Å². The summed E-state index contributed by atoms with van der Waals surface area (Å²) in [4.78, 5) is 11.9. The van der Waals surface area contributed by atoms with E-state index in [1.54, 1.807) is 0 Å². The molecule has 7 heteroatoms. The Morgan fingerprint density at radius 2 is 1.28 bits per heavy atom. The second-order valence-electron chi connectivity index (χ2n) is 9.01. The topological polar surface area (TPSA) is 83.5 Å². The first-order chi connectivity index (χ1) is 13.7. The van der Waals surface area contributed by atoms with Crippen LogP contribution in [0.1, 0.15) is 96.8 Å². The van der Waals surface area contributed by atoms with Crippen molar-refractivity contribution < 1.29 is 22.2 Å². The van der Waals surface area contributed by atoms with E-state index in [-0.39, 0.29) is 11.7 Å². The van der Waals surface area contributed by atoms with Crippen LogP contribution in [0.2, 0.25) is 0 Å². The molecule has 0 aliphatic carbocycles. The molecule has 0 aromatic rings. The Morgan fingerprint density at radius 3 is 1.79 bits per heavy atom. The zero-order chi connectivity index (χ0) is 22.0. The van der Waals surface area contributed by atoms with Gasteiger partial charge in [0, 0.05) is 25.8 Å². The third-order valence-electron chi connectivity index (χ3n) is 5.44. The van der Waals surface area contributed by atoms with Crippen molar-refractivity contribution in [2.75, 3.05) is 39.5 Å². The molecule has 174 valence electrons. The molecule has 2 N–H and O–H groups in total. The number of nitrogens with zero attached hydrogens (tertiary/aromatic N) is 1. The van der Waals surface area contributed by atoms with Crippen LogP contribution in [-0.2, 0) is 14.9 Å². The van der Waals surface area contributed by atoms with E-state index in [1.807, 2.05) is 14.1 Å². The van der Waals surface area contributed by atoms with Gasteiger partial charge in [-0.3, -0.25) is 9.35 Å². The molecular weight excluding hydrogens is 388 g/mol. The highest BCUT2D eigenvalue weighted by Crippen LogP contribution is 2.12. The Balaban J connectivity index is 3.49. The molecule has 0 aromatic carbocycles. The predicted molar refractivity (Wildman–Crippen MR) is 122 cm³/mol. The normalized spacial score (nSPS) is 12.3. The molecule has 0 radical (unpaired) electrons. The standard InChI is InChI=1S/C22H46N2O4S/c1-4-5-6-7-8-9-10-11-12-13-14-17-22(25)23-18-15-19-24(2,3)20-16-21-29(26,27)28/h4-21H2,1-3H3,(H-,23,25,26,27,28)/p+1. The summed E-state index contributed by atoms with van der Waals surface area (Å²) in [6, 6.07) is 0. The van der Waals surface area contributed by atoms with E-state index in [4.69, 9.17) is 4.55 Å². The van der Waals surface area contributed by atoms with Crippen LogP contribution in [0.4, 0.5) is 0 Å². The van der Waals surface area contributed by atoms with Crippen molar-refractivity contribution in [2.45, 2.75) is 96.8 Å². The van der Waals surface area contributed by atoms with Crippen LogP contribution in [0.25, 0.3) is 0 Å². The second kappa shape index (κ2) is 17.1. The molecule has 0 unspecified atom stereocenters. The van der Waals surface area contributed by atoms with Crippen molar-refractivity contribution in [1.29, 1.82) is 0 Å². The van der Waals surface area contributed by atoms with E-state index in [2.05, 4.69) is 12.2 Å². The molecule has 0 rings (SSSR count). The molecule has 0 saturated carbocycles.